The number of carbonyl (C=O) groups is 7. The van der Waals surface area contributed by atoms with Crippen LogP contribution in [0.4, 0.5) is 0 Å². The second kappa shape index (κ2) is 31.4. The summed E-state index contributed by atoms with van der Waals surface area (Å²) in [4.78, 5) is 99.8. The van der Waals surface area contributed by atoms with Crippen molar-refractivity contribution >= 4 is 41.8 Å². The van der Waals surface area contributed by atoms with Gasteiger partial charge in [0.2, 0.25) is 0 Å². The van der Waals surface area contributed by atoms with Crippen LogP contribution in [0.2, 0.25) is 0 Å². The van der Waals surface area contributed by atoms with E-state index in [4.69, 9.17) is 61.6 Å². The molecule has 0 aromatic heterocycles. The average molecular weight is 1280 g/mol. The van der Waals surface area contributed by atoms with Crippen LogP contribution in [0.3, 0.4) is 0 Å². The fourth-order valence-corrected chi connectivity index (χ4v) is 10.7. The minimum absolute atomic E-state index is 0.0214. The van der Waals surface area contributed by atoms with Crippen molar-refractivity contribution in [2.24, 2.45) is 0 Å². The molecule has 0 saturated carbocycles. The minimum Gasteiger partial charge on any atom is -0.459 e. The van der Waals surface area contributed by atoms with Crippen LogP contribution in [0.15, 0.2) is 243 Å². The van der Waals surface area contributed by atoms with Gasteiger partial charge in [0.1, 0.15) is 31.0 Å². The monoisotopic (exact) mass is 1280 g/mol. The molecule has 14 atom stereocenters. The third kappa shape index (κ3) is 16.3. The molecular weight excluding hydrogens is 1210 g/mol. The first-order valence-corrected chi connectivity index (χ1v) is 30.2. The van der Waals surface area contributed by atoms with Gasteiger partial charge in [-0.15, -0.1) is 0 Å². The van der Waals surface area contributed by atoms with E-state index in [2.05, 4.69) is 0 Å². The van der Waals surface area contributed by atoms with Gasteiger partial charge in [0.05, 0.1) is 58.3 Å². The van der Waals surface area contributed by atoms with Crippen LogP contribution in [-0.4, -0.2) is 146 Å². The lowest BCUT2D eigenvalue weighted by Crippen LogP contribution is -2.66. The van der Waals surface area contributed by atoms with E-state index < -0.39 is 141 Å². The molecule has 11 rings (SSSR count). The number of aliphatic hydroxyl groups excluding tert-OH is 1. The van der Waals surface area contributed by atoms with Gasteiger partial charge >= 0.3 is 41.8 Å². The number of aliphatic hydroxyl groups is 1. The molecule has 3 fully saturated rings. The van der Waals surface area contributed by atoms with Gasteiger partial charge < -0.3 is 66.7 Å². The lowest BCUT2D eigenvalue weighted by molar-refractivity contribution is -0.371. The van der Waals surface area contributed by atoms with E-state index in [0.717, 1.165) is 0 Å². The maximum atomic E-state index is 14.5. The molecule has 0 amide bonds. The van der Waals surface area contributed by atoms with E-state index in [1.165, 1.54) is 91.9 Å². The molecule has 3 heterocycles. The van der Waals surface area contributed by atoms with Crippen molar-refractivity contribution in [2.45, 2.75) is 99.5 Å². The molecule has 8 aromatic rings. The molecule has 21 nitrogen and oxygen atoms in total. The van der Waals surface area contributed by atoms with E-state index >= 15 is 0 Å². The van der Waals surface area contributed by atoms with Crippen molar-refractivity contribution in [3.63, 3.8) is 0 Å². The Morgan fingerprint density at radius 2 is 0.681 bits per heavy atom. The molecule has 1 N–H and O–H groups in total. The molecule has 0 bridgehead atoms. The largest absolute Gasteiger partial charge is 0.459 e. The zero-order valence-electron chi connectivity index (χ0n) is 50.4. The van der Waals surface area contributed by atoms with E-state index in [1.807, 2.05) is 0 Å². The Balaban J connectivity index is 0.982. The van der Waals surface area contributed by atoms with Crippen LogP contribution in [0.25, 0.3) is 0 Å². The molecule has 8 aromatic carbocycles. The molecule has 0 radical (unpaired) electrons. The topological polar surface area (TPSA) is 260 Å². The molecule has 3 aliphatic heterocycles. The first-order valence-electron chi connectivity index (χ1n) is 30.2. The molecule has 94 heavy (non-hydrogen) atoms. The average Bonchev–Trinajstić information content (AvgIpc) is 0.994. The Hall–Kier alpha value is -10.2. The van der Waals surface area contributed by atoms with Gasteiger partial charge in [0.25, 0.3) is 0 Å². The summed E-state index contributed by atoms with van der Waals surface area (Å²) in [6.45, 7) is 0.132. The van der Waals surface area contributed by atoms with Crippen LogP contribution in [0, 0.1) is 0 Å². The van der Waals surface area contributed by atoms with Crippen molar-refractivity contribution in [2.75, 3.05) is 13.2 Å². The Bertz CT molecular complexity index is 3800. The van der Waals surface area contributed by atoms with Crippen molar-refractivity contribution in [3.8, 4) is 0 Å². The van der Waals surface area contributed by atoms with Gasteiger partial charge in [0.15, 0.2) is 55.5 Å². The predicted octanol–water partition coefficient (Wildman–Crippen LogP) is 9.37. The highest BCUT2D eigenvalue weighted by molar-refractivity contribution is 5.93. The third-order valence-corrected chi connectivity index (χ3v) is 15.5. The third-order valence-electron chi connectivity index (χ3n) is 15.5. The minimum atomic E-state index is -1.95. The van der Waals surface area contributed by atoms with Crippen molar-refractivity contribution < 1.29 is 100 Å². The van der Waals surface area contributed by atoms with Gasteiger partial charge in [-0.3, -0.25) is 0 Å². The van der Waals surface area contributed by atoms with Gasteiger partial charge in [-0.2, -0.15) is 0 Å². The highest BCUT2D eigenvalue weighted by Crippen LogP contribution is 2.37. The van der Waals surface area contributed by atoms with Crippen LogP contribution < -0.4 is 0 Å². The smallest absolute Gasteiger partial charge is 0.338 e. The van der Waals surface area contributed by atoms with E-state index in [0.29, 0.717) is 5.56 Å². The van der Waals surface area contributed by atoms with Crippen molar-refractivity contribution in [1.82, 2.24) is 0 Å². The Morgan fingerprint density at radius 1 is 0.362 bits per heavy atom. The SMILES string of the molecule is C[C@@H]1O[C@@H](O[C@H]2[C@H](OCc3ccccc3)OC[C@H](O[C@@H]3O[C@H](COC(=O)c4ccccc4)[C@@H](OC(=O)c4ccccc4)[C@H](OC(=O)c4ccccc4)[C@H]3OC(=O)c3ccccc3)[C@@H]2O)[C@H](OC(=O)c2ccccc2)[C@H](OC(=O)c2ccccc2)[C@H]1OC(=O)c1ccccc1. The number of esters is 7. The second-order valence-corrected chi connectivity index (χ2v) is 21.9. The van der Waals surface area contributed by atoms with Crippen LogP contribution >= 0.6 is 0 Å². The lowest BCUT2D eigenvalue weighted by atomic mass is 9.96. The number of benzene rings is 8. The summed E-state index contributed by atoms with van der Waals surface area (Å²) in [5.41, 5.74) is 1.19. The standard InChI is InChI=1S/C73H64O21/c1-45-57(88-65(76)48-30-14-4-15-31-48)60(90-67(78)50-34-18-6-19-35-50)62(92-69(80)52-38-22-8-23-39-52)72(85-45)94-59-56(74)54(43-84-71(59)83-42-46-26-10-2-11-27-46)86-73-63(93-70(81)53-40-24-9-25-41-53)61(91-68(79)51-36-20-7-21-37-51)58(89-66(77)49-32-16-5-17-33-49)55(87-73)44-82-64(75)47-28-12-3-13-29-47/h2-41,45,54-63,71-74H,42-44H2,1H3/t45-,54-,55+,56-,57-,58+,59+,60+,61-,62+,63+,71+,72-,73+/m0/s1. The van der Waals surface area contributed by atoms with Gasteiger partial charge in [-0.05, 0) is 97.4 Å². The molecule has 0 unspecified atom stereocenters. The fourth-order valence-electron chi connectivity index (χ4n) is 10.7. The van der Waals surface area contributed by atoms with Gasteiger partial charge in [-0.25, -0.2) is 33.6 Å². The number of rotatable bonds is 22. The number of hydrogen-bond acceptors (Lipinski definition) is 21. The molecule has 0 aliphatic carbocycles. The number of carbonyl (C=O) groups excluding carboxylic acids is 7. The molecular formula is C73H64O21. The maximum Gasteiger partial charge on any atom is 0.338 e. The summed E-state index contributed by atoms with van der Waals surface area (Å²) in [6.07, 6.45) is -24.1. The summed E-state index contributed by atoms with van der Waals surface area (Å²) in [7, 11) is 0. The number of ether oxygens (including phenoxy) is 13. The highest BCUT2D eigenvalue weighted by atomic mass is 16.8. The van der Waals surface area contributed by atoms with Crippen molar-refractivity contribution in [3.05, 3.63) is 287 Å². The lowest BCUT2D eigenvalue weighted by Gasteiger charge is -2.48. The van der Waals surface area contributed by atoms with Crippen LogP contribution in [0.5, 0.6) is 0 Å². The summed E-state index contributed by atoms with van der Waals surface area (Å²) >= 11 is 0. The van der Waals surface area contributed by atoms with Crippen LogP contribution in [0.1, 0.15) is 85.0 Å². The van der Waals surface area contributed by atoms with E-state index in [1.54, 1.807) is 158 Å². The summed E-state index contributed by atoms with van der Waals surface area (Å²) in [5.74, 6) is -6.43. The Kier molecular flexibility index (Phi) is 21.8. The molecule has 482 valence electrons. The normalized spacial score (nSPS) is 24.8. The zero-order valence-corrected chi connectivity index (χ0v) is 50.4. The summed E-state index contributed by atoms with van der Waals surface area (Å²) in [5, 5.41) is 13.1. The molecule has 21 heteroatoms. The molecule has 0 spiro atoms. The predicted molar refractivity (Wildman–Crippen MR) is 330 cm³/mol. The second-order valence-electron chi connectivity index (χ2n) is 21.9. The van der Waals surface area contributed by atoms with E-state index in [9.17, 15) is 38.7 Å². The van der Waals surface area contributed by atoms with Gasteiger partial charge in [-0.1, -0.05) is 158 Å². The zero-order chi connectivity index (χ0) is 65.3. The molecule has 3 saturated heterocycles. The summed E-state index contributed by atoms with van der Waals surface area (Å²) in [6, 6.07) is 64.0. The summed E-state index contributed by atoms with van der Waals surface area (Å²) < 4.78 is 83.0. The maximum absolute atomic E-state index is 14.5. The Labute approximate surface area is 539 Å². The Morgan fingerprint density at radius 3 is 1.07 bits per heavy atom. The first kappa shape index (κ1) is 65.3. The fraction of sp³-hybridized carbons (Fsp3) is 0.247. The quantitative estimate of drug-likeness (QED) is 0.0489. The van der Waals surface area contributed by atoms with E-state index in [-0.39, 0.29) is 45.6 Å². The van der Waals surface area contributed by atoms with Crippen molar-refractivity contribution in [1.29, 1.82) is 0 Å². The number of hydrogen-bond donors (Lipinski definition) is 1. The highest BCUT2D eigenvalue weighted by Gasteiger charge is 2.58. The van der Waals surface area contributed by atoms with Crippen LogP contribution in [-0.2, 0) is 68.2 Å². The van der Waals surface area contributed by atoms with Gasteiger partial charge in [0, 0.05) is 0 Å². The first-order chi connectivity index (χ1) is 45.8. The molecule has 3 aliphatic rings.